The number of rotatable bonds is 7. The van der Waals surface area contributed by atoms with Crippen LogP contribution in [-0.4, -0.2) is 31.2 Å². The number of hydrogen-bond donors (Lipinski definition) is 1. The van der Waals surface area contributed by atoms with Crippen LogP contribution in [0, 0.1) is 6.92 Å². The summed E-state index contributed by atoms with van der Waals surface area (Å²) in [5.74, 6) is 1.97. The van der Waals surface area contributed by atoms with E-state index in [1.165, 1.54) is 12.8 Å². The van der Waals surface area contributed by atoms with E-state index in [1.54, 1.807) is 7.11 Å². The molecule has 96 valence electrons. The predicted octanol–water partition coefficient (Wildman–Crippen LogP) is 1.66. The van der Waals surface area contributed by atoms with Crippen molar-refractivity contribution >= 4 is 0 Å². The highest BCUT2D eigenvalue weighted by Gasteiger charge is 2.29. The van der Waals surface area contributed by atoms with Gasteiger partial charge in [-0.3, -0.25) is 4.90 Å². The van der Waals surface area contributed by atoms with E-state index in [2.05, 4.69) is 11.0 Å². The monoisotopic (exact) mass is 238 g/mol. The third-order valence-corrected chi connectivity index (χ3v) is 3.30. The fraction of sp³-hybridized carbons (Fsp3) is 0.692. The van der Waals surface area contributed by atoms with Crippen molar-refractivity contribution < 1.29 is 9.15 Å². The van der Waals surface area contributed by atoms with Crippen LogP contribution in [0.15, 0.2) is 10.5 Å². The zero-order valence-electron chi connectivity index (χ0n) is 10.7. The summed E-state index contributed by atoms with van der Waals surface area (Å²) in [5, 5.41) is 0. The number of ether oxygens (including phenoxy) is 1. The van der Waals surface area contributed by atoms with Crippen molar-refractivity contribution in [2.45, 2.75) is 38.9 Å². The minimum Gasteiger partial charge on any atom is -0.465 e. The second-order valence-corrected chi connectivity index (χ2v) is 4.69. The van der Waals surface area contributed by atoms with Gasteiger partial charge in [-0.2, -0.15) is 0 Å². The van der Waals surface area contributed by atoms with Crippen LogP contribution in [0.25, 0.3) is 0 Å². The maximum absolute atomic E-state index is 5.73. The van der Waals surface area contributed by atoms with E-state index in [9.17, 15) is 0 Å². The first kappa shape index (κ1) is 12.6. The molecule has 17 heavy (non-hydrogen) atoms. The highest BCUT2D eigenvalue weighted by Crippen LogP contribution is 2.28. The largest absolute Gasteiger partial charge is 0.465 e. The van der Waals surface area contributed by atoms with Crippen molar-refractivity contribution in [3.05, 3.63) is 23.2 Å². The van der Waals surface area contributed by atoms with E-state index in [0.717, 1.165) is 42.8 Å². The smallest absolute Gasteiger partial charge is 0.118 e. The lowest BCUT2D eigenvalue weighted by Crippen LogP contribution is -2.28. The summed E-state index contributed by atoms with van der Waals surface area (Å²) in [5.41, 5.74) is 6.77. The van der Waals surface area contributed by atoms with Gasteiger partial charge in [0.2, 0.25) is 0 Å². The van der Waals surface area contributed by atoms with Crippen LogP contribution in [-0.2, 0) is 17.8 Å². The average Bonchev–Trinajstić information content (AvgIpc) is 3.09. The molecule has 0 saturated heterocycles. The second kappa shape index (κ2) is 5.67. The number of nitrogens with zero attached hydrogens (tertiary/aromatic N) is 1. The summed E-state index contributed by atoms with van der Waals surface area (Å²) < 4.78 is 10.9. The summed E-state index contributed by atoms with van der Waals surface area (Å²) in [6.45, 7) is 5.15. The Balaban J connectivity index is 1.95. The molecule has 1 heterocycles. The van der Waals surface area contributed by atoms with Crippen molar-refractivity contribution in [2.75, 3.05) is 20.3 Å². The zero-order chi connectivity index (χ0) is 12.3. The summed E-state index contributed by atoms with van der Waals surface area (Å²) in [4.78, 5) is 2.43. The van der Waals surface area contributed by atoms with Crippen molar-refractivity contribution in [1.82, 2.24) is 4.90 Å². The first-order chi connectivity index (χ1) is 8.24. The normalized spacial score (nSPS) is 15.8. The van der Waals surface area contributed by atoms with Gasteiger partial charge in [0.1, 0.15) is 11.5 Å². The lowest BCUT2D eigenvalue weighted by Gasteiger charge is -2.19. The van der Waals surface area contributed by atoms with Crippen LogP contribution < -0.4 is 5.73 Å². The molecule has 0 unspecified atom stereocenters. The number of furan rings is 1. The number of hydrogen-bond acceptors (Lipinski definition) is 4. The molecule has 2 N–H and O–H groups in total. The fourth-order valence-corrected chi connectivity index (χ4v) is 2.11. The summed E-state index contributed by atoms with van der Waals surface area (Å²) in [6.07, 6.45) is 2.60. The third-order valence-electron chi connectivity index (χ3n) is 3.30. The van der Waals surface area contributed by atoms with Crippen LogP contribution in [0.1, 0.15) is 29.9 Å². The van der Waals surface area contributed by atoms with Crippen LogP contribution in [0.3, 0.4) is 0 Å². The maximum atomic E-state index is 5.73. The Morgan fingerprint density at radius 3 is 2.82 bits per heavy atom. The first-order valence-corrected chi connectivity index (χ1v) is 6.26. The van der Waals surface area contributed by atoms with E-state index in [4.69, 9.17) is 14.9 Å². The molecule has 0 atom stereocenters. The van der Waals surface area contributed by atoms with Crippen LogP contribution >= 0.6 is 0 Å². The van der Waals surface area contributed by atoms with Gasteiger partial charge in [-0.05, 0) is 25.8 Å². The van der Waals surface area contributed by atoms with Gasteiger partial charge < -0.3 is 14.9 Å². The molecule has 0 bridgehead atoms. The number of nitrogens with two attached hydrogens (primary N) is 1. The van der Waals surface area contributed by atoms with Gasteiger partial charge in [0.15, 0.2) is 0 Å². The molecule has 0 aromatic carbocycles. The maximum Gasteiger partial charge on any atom is 0.118 e. The molecule has 1 aliphatic carbocycles. The van der Waals surface area contributed by atoms with Gasteiger partial charge in [0, 0.05) is 31.8 Å². The summed E-state index contributed by atoms with van der Waals surface area (Å²) in [7, 11) is 1.74. The molecule has 1 fully saturated rings. The van der Waals surface area contributed by atoms with Gasteiger partial charge in [-0.1, -0.05) is 0 Å². The van der Waals surface area contributed by atoms with Gasteiger partial charge >= 0.3 is 0 Å². The summed E-state index contributed by atoms with van der Waals surface area (Å²) >= 11 is 0. The molecular formula is C13H22N2O2. The lowest BCUT2D eigenvalue weighted by molar-refractivity contribution is 0.134. The SMILES string of the molecule is COCCN(Cc1cc(CN)c(C)o1)C1CC1. The quantitative estimate of drug-likeness (QED) is 0.785. The average molecular weight is 238 g/mol. The molecule has 4 heteroatoms. The third kappa shape index (κ3) is 3.31. The standard InChI is InChI=1S/C13H22N2O2/c1-10-11(8-14)7-13(17-10)9-15(5-6-16-2)12-3-4-12/h7,12H,3-6,8-9,14H2,1-2H3. The van der Waals surface area contributed by atoms with Gasteiger partial charge in [0.05, 0.1) is 13.2 Å². The second-order valence-electron chi connectivity index (χ2n) is 4.69. The molecule has 1 aromatic rings. The Kier molecular flexibility index (Phi) is 4.20. The summed E-state index contributed by atoms with van der Waals surface area (Å²) in [6, 6.07) is 2.80. The highest BCUT2D eigenvalue weighted by molar-refractivity contribution is 5.20. The minimum absolute atomic E-state index is 0.552. The molecule has 1 aliphatic rings. The molecule has 2 rings (SSSR count). The van der Waals surface area contributed by atoms with E-state index in [0.29, 0.717) is 6.54 Å². The molecule has 1 saturated carbocycles. The Morgan fingerprint density at radius 2 is 2.29 bits per heavy atom. The van der Waals surface area contributed by atoms with Crippen LogP contribution in [0.5, 0.6) is 0 Å². The van der Waals surface area contributed by atoms with E-state index in [-0.39, 0.29) is 0 Å². The van der Waals surface area contributed by atoms with Gasteiger partial charge in [-0.15, -0.1) is 0 Å². The van der Waals surface area contributed by atoms with Crippen molar-refractivity contribution in [3.63, 3.8) is 0 Å². The van der Waals surface area contributed by atoms with E-state index < -0.39 is 0 Å². The van der Waals surface area contributed by atoms with Crippen LogP contribution in [0.2, 0.25) is 0 Å². The molecular weight excluding hydrogens is 216 g/mol. The molecule has 0 radical (unpaired) electrons. The van der Waals surface area contributed by atoms with Gasteiger partial charge in [-0.25, -0.2) is 0 Å². The van der Waals surface area contributed by atoms with Crippen molar-refractivity contribution in [3.8, 4) is 0 Å². The number of aryl methyl sites for hydroxylation is 1. The molecule has 4 nitrogen and oxygen atoms in total. The zero-order valence-corrected chi connectivity index (χ0v) is 10.7. The van der Waals surface area contributed by atoms with E-state index >= 15 is 0 Å². The molecule has 0 spiro atoms. The Labute approximate surface area is 103 Å². The van der Waals surface area contributed by atoms with E-state index in [1.807, 2.05) is 6.92 Å². The van der Waals surface area contributed by atoms with Crippen molar-refractivity contribution in [2.24, 2.45) is 5.73 Å². The molecule has 1 aromatic heterocycles. The van der Waals surface area contributed by atoms with Crippen LogP contribution in [0.4, 0.5) is 0 Å². The fourth-order valence-electron chi connectivity index (χ4n) is 2.11. The minimum atomic E-state index is 0.552. The van der Waals surface area contributed by atoms with Crippen molar-refractivity contribution in [1.29, 1.82) is 0 Å². The topological polar surface area (TPSA) is 51.6 Å². The molecule has 0 aliphatic heterocycles. The molecule has 0 amide bonds. The number of methoxy groups -OCH3 is 1. The first-order valence-electron chi connectivity index (χ1n) is 6.26. The van der Waals surface area contributed by atoms with Gasteiger partial charge in [0.25, 0.3) is 0 Å². The Bertz CT molecular complexity index is 358. The Hall–Kier alpha value is -0.840. The lowest BCUT2D eigenvalue weighted by atomic mass is 10.2. The Morgan fingerprint density at radius 1 is 1.53 bits per heavy atom. The predicted molar refractivity (Wildman–Crippen MR) is 66.6 cm³/mol. The highest BCUT2D eigenvalue weighted by atomic mass is 16.5.